The number of ether oxygens (including phenoxy) is 1. The van der Waals surface area contributed by atoms with E-state index in [1.165, 1.54) is 25.3 Å². The summed E-state index contributed by atoms with van der Waals surface area (Å²) in [6.45, 7) is 5.00. The maximum atomic E-state index is 13.3. The van der Waals surface area contributed by atoms with E-state index < -0.39 is 0 Å². The van der Waals surface area contributed by atoms with Crippen LogP contribution in [0.25, 0.3) is 0 Å². The van der Waals surface area contributed by atoms with Gasteiger partial charge >= 0.3 is 0 Å². The van der Waals surface area contributed by atoms with E-state index in [9.17, 15) is 9.18 Å². The Morgan fingerprint density at radius 2 is 1.85 bits per heavy atom. The number of rotatable bonds is 3. The molecule has 2 aromatic rings. The number of halogens is 2. The molecule has 1 heterocycles. The lowest BCUT2D eigenvalue weighted by Gasteiger charge is -2.12. The van der Waals surface area contributed by atoms with Gasteiger partial charge in [-0.15, -0.1) is 0 Å². The van der Waals surface area contributed by atoms with Crippen molar-refractivity contribution in [2.24, 2.45) is 0 Å². The number of ketones is 1. The highest BCUT2D eigenvalue weighted by molar-refractivity contribution is 9.10. The molecule has 104 valence electrons. The molecule has 1 aromatic carbocycles. The minimum atomic E-state index is -0.300. The van der Waals surface area contributed by atoms with Gasteiger partial charge in [0.1, 0.15) is 11.6 Å². The third-order valence-electron chi connectivity index (χ3n) is 2.84. The van der Waals surface area contributed by atoms with E-state index in [4.69, 9.17) is 4.74 Å². The highest BCUT2D eigenvalue weighted by Crippen LogP contribution is 2.32. The van der Waals surface area contributed by atoms with Gasteiger partial charge in [0.05, 0.1) is 4.47 Å². The average Bonchev–Trinajstić information content (AvgIpc) is 2.34. The Hall–Kier alpha value is -1.75. The van der Waals surface area contributed by atoms with Crippen LogP contribution in [0.2, 0.25) is 0 Å². The van der Waals surface area contributed by atoms with Crippen LogP contribution in [0.3, 0.4) is 0 Å². The van der Waals surface area contributed by atoms with Crippen molar-refractivity contribution in [2.45, 2.75) is 20.8 Å². The van der Waals surface area contributed by atoms with Gasteiger partial charge in [0.25, 0.3) is 0 Å². The molecule has 0 atom stereocenters. The Labute approximate surface area is 124 Å². The number of hydrogen-bond acceptors (Lipinski definition) is 3. The molecule has 20 heavy (non-hydrogen) atoms. The molecule has 0 amide bonds. The minimum absolute atomic E-state index is 0.0705. The first-order valence-electron chi connectivity index (χ1n) is 5.99. The van der Waals surface area contributed by atoms with Gasteiger partial charge in [-0.3, -0.25) is 4.79 Å². The van der Waals surface area contributed by atoms with E-state index >= 15 is 0 Å². The molecule has 0 N–H and O–H groups in total. The molecule has 1 aromatic heterocycles. The molecular weight excluding hydrogens is 325 g/mol. The first-order chi connectivity index (χ1) is 9.38. The van der Waals surface area contributed by atoms with Crippen LogP contribution in [0.1, 0.15) is 28.4 Å². The van der Waals surface area contributed by atoms with Crippen molar-refractivity contribution in [3.63, 3.8) is 0 Å². The van der Waals surface area contributed by atoms with Gasteiger partial charge < -0.3 is 4.74 Å². The lowest BCUT2D eigenvalue weighted by molar-refractivity contribution is 0.101. The fourth-order valence-electron chi connectivity index (χ4n) is 1.85. The highest BCUT2D eigenvalue weighted by atomic mass is 79.9. The summed E-state index contributed by atoms with van der Waals surface area (Å²) in [6, 6.07) is 4.46. The summed E-state index contributed by atoms with van der Waals surface area (Å²) >= 11 is 3.32. The predicted octanol–water partition coefficient (Wildman–Crippen LogP) is 4.59. The van der Waals surface area contributed by atoms with Crippen LogP contribution in [-0.2, 0) is 0 Å². The van der Waals surface area contributed by atoms with Gasteiger partial charge in [-0.2, -0.15) is 0 Å². The van der Waals surface area contributed by atoms with Crippen LogP contribution >= 0.6 is 15.9 Å². The van der Waals surface area contributed by atoms with Gasteiger partial charge in [0.15, 0.2) is 5.78 Å². The lowest BCUT2D eigenvalue weighted by atomic mass is 10.1. The maximum Gasteiger partial charge on any atom is 0.233 e. The monoisotopic (exact) mass is 337 g/mol. The molecule has 0 saturated heterocycles. The average molecular weight is 338 g/mol. The lowest BCUT2D eigenvalue weighted by Crippen LogP contribution is -1.98. The van der Waals surface area contributed by atoms with E-state index in [0.29, 0.717) is 32.8 Å². The fraction of sp³-hybridized carbons (Fsp3) is 0.200. The predicted molar refractivity (Wildman–Crippen MR) is 77.9 cm³/mol. The van der Waals surface area contributed by atoms with Crippen molar-refractivity contribution < 1.29 is 13.9 Å². The Morgan fingerprint density at radius 3 is 2.35 bits per heavy atom. The standard InChI is InChI=1S/C15H13BrFNO2/c1-8-4-12(17)5-9(2)14(8)20-15-13(16)6-11(7-18-15)10(3)19/h4-7H,1-3H3. The highest BCUT2D eigenvalue weighted by Gasteiger charge is 2.12. The summed E-state index contributed by atoms with van der Waals surface area (Å²) in [5.41, 5.74) is 1.87. The SMILES string of the molecule is CC(=O)c1cnc(Oc2c(C)cc(F)cc2C)c(Br)c1. The second kappa shape index (κ2) is 5.71. The summed E-state index contributed by atoms with van der Waals surface area (Å²) in [5, 5.41) is 0. The quantitative estimate of drug-likeness (QED) is 0.768. The molecule has 5 heteroatoms. The number of benzene rings is 1. The first-order valence-corrected chi connectivity index (χ1v) is 6.79. The topological polar surface area (TPSA) is 39.2 Å². The van der Waals surface area contributed by atoms with Crippen molar-refractivity contribution in [1.82, 2.24) is 4.98 Å². The molecule has 0 spiro atoms. The molecule has 3 nitrogen and oxygen atoms in total. The molecule has 2 rings (SSSR count). The smallest absolute Gasteiger partial charge is 0.233 e. The van der Waals surface area contributed by atoms with Crippen molar-refractivity contribution in [2.75, 3.05) is 0 Å². The van der Waals surface area contributed by atoms with Crippen molar-refractivity contribution in [3.8, 4) is 11.6 Å². The number of Topliss-reactive ketones (excluding diaryl/α,β-unsaturated/α-hetero) is 1. The van der Waals surface area contributed by atoms with Gasteiger partial charge in [0, 0.05) is 11.8 Å². The minimum Gasteiger partial charge on any atom is -0.437 e. The number of aryl methyl sites for hydroxylation is 2. The van der Waals surface area contributed by atoms with Crippen LogP contribution in [0.15, 0.2) is 28.9 Å². The van der Waals surface area contributed by atoms with Crippen molar-refractivity contribution in [3.05, 3.63) is 51.4 Å². The molecule has 0 fully saturated rings. The number of aromatic nitrogens is 1. The summed E-state index contributed by atoms with van der Waals surface area (Å²) in [5.74, 6) is 0.535. The van der Waals surface area contributed by atoms with Crippen LogP contribution in [0, 0.1) is 19.7 Å². The normalized spacial score (nSPS) is 10.4. The third kappa shape index (κ3) is 3.04. The second-order valence-corrected chi connectivity index (χ2v) is 5.39. The van der Waals surface area contributed by atoms with Crippen LogP contribution < -0.4 is 4.74 Å². The largest absolute Gasteiger partial charge is 0.437 e. The third-order valence-corrected chi connectivity index (χ3v) is 3.41. The molecule has 0 bridgehead atoms. The van der Waals surface area contributed by atoms with Gasteiger partial charge in [0.2, 0.25) is 5.88 Å². The number of nitrogens with zero attached hydrogens (tertiary/aromatic N) is 1. The summed E-state index contributed by atoms with van der Waals surface area (Å²) in [7, 11) is 0. The Morgan fingerprint density at radius 1 is 1.25 bits per heavy atom. The summed E-state index contributed by atoms with van der Waals surface area (Å²) < 4.78 is 19.6. The number of hydrogen-bond donors (Lipinski definition) is 0. The van der Waals surface area contributed by atoms with E-state index in [-0.39, 0.29) is 11.6 Å². The summed E-state index contributed by atoms with van der Waals surface area (Å²) in [6.07, 6.45) is 1.45. The Balaban J connectivity index is 2.38. The fourth-order valence-corrected chi connectivity index (χ4v) is 2.28. The van der Waals surface area contributed by atoms with E-state index in [1.807, 2.05) is 0 Å². The van der Waals surface area contributed by atoms with Crippen molar-refractivity contribution >= 4 is 21.7 Å². The molecule has 0 radical (unpaired) electrons. The van der Waals surface area contributed by atoms with E-state index in [1.54, 1.807) is 19.9 Å². The second-order valence-electron chi connectivity index (χ2n) is 4.54. The number of carbonyl (C=O) groups excluding carboxylic acids is 1. The van der Waals surface area contributed by atoms with Crippen LogP contribution in [0.4, 0.5) is 4.39 Å². The molecule has 0 unspecified atom stereocenters. The van der Waals surface area contributed by atoms with Crippen LogP contribution in [-0.4, -0.2) is 10.8 Å². The first kappa shape index (κ1) is 14.7. The van der Waals surface area contributed by atoms with Gasteiger partial charge in [-0.1, -0.05) is 0 Å². The zero-order valence-corrected chi connectivity index (χ0v) is 12.9. The summed E-state index contributed by atoms with van der Waals surface area (Å²) in [4.78, 5) is 15.4. The number of carbonyl (C=O) groups is 1. The zero-order valence-electron chi connectivity index (χ0n) is 11.3. The van der Waals surface area contributed by atoms with Gasteiger partial charge in [-0.25, -0.2) is 9.37 Å². The van der Waals surface area contributed by atoms with Crippen molar-refractivity contribution in [1.29, 1.82) is 0 Å². The van der Waals surface area contributed by atoms with Crippen LogP contribution in [0.5, 0.6) is 11.6 Å². The molecule has 0 aliphatic heterocycles. The molecular formula is C15H13BrFNO2. The van der Waals surface area contributed by atoms with Gasteiger partial charge in [-0.05, 0) is 66.0 Å². The molecule has 0 aliphatic rings. The maximum absolute atomic E-state index is 13.3. The zero-order chi connectivity index (χ0) is 14.9. The Bertz CT molecular complexity index is 663. The van der Waals surface area contributed by atoms with E-state index in [2.05, 4.69) is 20.9 Å². The Kier molecular flexibility index (Phi) is 4.18. The molecule has 0 aliphatic carbocycles. The number of pyridine rings is 1. The van der Waals surface area contributed by atoms with E-state index in [0.717, 1.165) is 0 Å². The molecule has 0 saturated carbocycles.